The molecule has 2 N–H and O–H groups in total. The van der Waals surface area contributed by atoms with Gasteiger partial charge in [0.05, 0.1) is 25.4 Å². The molecule has 4 rings (SSSR count). The molecule has 0 spiro atoms. The van der Waals surface area contributed by atoms with Gasteiger partial charge in [-0.15, -0.1) is 0 Å². The van der Waals surface area contributed by atoms with Crippen molar-refractivity contribution in [3.63, 3.8) is 0 Å². The molecule has 1 amide bonds. The van der Waals surface area contributed by atoms with Gasteiger partial charge in [0.2, 0.25) is 0 Å². The Balaban J connectivity index is 1.48. The number of carbonyl (C=O) groups excluding carboxylic acids is 1. The minimum atomic E-state index is -2.00. The van der Waals surface area contributed by atoms with Crippen molar-refractivity contribution < 1.29 is 24.1 Å². The Morgan fingerprint density at radius 1 is 1.08 bits per heavy atom. The molecule has 0 aromatic heterocycles. The molecule has 4 atom stereocenters. The van der Waals surface area contributed by atoms with E-state index in [4.69, 9.17) is 49.0 Å². The fourth-order valence-electron chi connectivity index (χ4n) is 4.89. The van der Waals surface area contributed by atoms with E-state index in [1.807, 2.05) is 48.5 Å². The van der Waals surface area contributed by atoms with Crippen LogP contribution < -0.4 is 5.32 Å². The Bertz CT molecular complexity index is 1020. The molecule has 2 saturated heterocycles. The molecule has 0 aliphatic carbocycles. The summed E-state index contributed by atoms with van der Waals surface area (Å²) in [6.07, 6.45) is 2.29. The molecular weight excluding hydrogens is 539 g/mol. The fraction of sp³-hybridized carbons (Fsp3) is 0.519. The van der Waals surface area contributed by atoms with Crippen molar-refractivity contribution in [2.75, 3.05) is 26.8 Å². The molecular formula is C27H33Cl3N2O5. The van der Waals surface area contributed by atoms with Crippen LogP contribution in [0.5, 0.6) is 0 Å². The van der Waals surface area contributed by atoms with E-state index in [1.165, 1.54) is 0 Å². The number of nitrogens with one attached hydrogen (secondary N) is 1. The second-order valence-corrected chi connectivity index (χ2v) is 11.8. The van der Waals surface area contributed by atoms with Gasteiger partial charge in [0.1, 0.15) is 0 Å². The molecule has 2 aliphatic rings. The summed E-state index contributed by atoms with van der Waals surface area (Å²) < 4.78 is 16.3. The third-order valence-corrected chi connectivity index (χ3v) is 7.39. The molecule has 7 nitrogen and oxygen atoms in total. The Morgan fingerprint density at radius 2 is 1.76 bits per heavy atom. The summed E-state index contributed by atoms with van der Waals surface area (Å²) in [5, 5.41) is 12.0. The van der Waals surface area contributed by atoms with E-state index < -0.39 is 16.0 Å². The average Bonchev–Trinajstić information content (AvgIpc) is 3.33. The topological polar surface area (TPSA) is 80.3 Å². The molecule has 2 aromatic rings. The van der Waals surface area contributed by atoms with Gasteiger partial charge in [0.15, 0.2) is 6.29 Å². The second kappa shape index (κ2) is 13.1. The number of carbonyl (C=O) groups is 1. The molecule has 2 fully saturated rings. The normalized spacial score (nSPS) is 24.8. The zero-order chi connectivity index (χ0) is 26.4. The molecule has 0 bridgehead atoms. The van der Waals surface area contributed by atoms with Crippen LogP contribution in [0.15, 0.2) is 48.5 Å². The first-order valence-corrected chi connectivity index (χ1v) is 13.6. The second-order valence-electron chi connectivity index (χ2n) is 9.52. The molecule has 10 heteroatoms. The van der Waals surface area contributed by atoms with Gasteiger partial charge in [-0.3, -0.25) is 9.69 Å². The van der Waals surface area contributed by atoms with E-state index in [0.29, 0.717) is 6.04 Å². The number of aliphatic hydroxyl groups is 1. The first-order valence-electron chi connectivity index (χ1n) is 12.4. The third kappa shape index (κ3) is 7.80. The van der Waals surface area contributed by atoms with Gasteiger partial charge in [0, 0.05) is 38.2 Å². The fourth-order valence-corrected chi connectivity index (χ4v) is 5.09. The van der Waals surface area contributed by atoms with Gasteiger partial charge in [-0.25, -0.2) is 0 Å². The van der Waals surface area contributed by atoms with Crippen LogP contribution in [0, 0.1) is 0 Å². The predicted octanol–water partition coefficient (Wildman–Crippen LogP) is 4.82. The summed E-state index contributed by atoms with van der Waals surface area (Å²) in [6, 6.07) is 15.9. The Morgan fingerprint density at radius 3 is 2.41 bits per heavy atom. The molecule has 2 aromatic carbocycles. The van der Waals surface area contributed by atoms with Crippen LogP contribution >= 0.6 is 34.8 Å². The largest absolute Gasteiger partial charge is 0.392 e. The lowest BCUT2D eigenvalue weighted by molar-refractivity contribution is -0.253. The molecule has 0 saturated carbocycles. The molecule has 202 valence electrons. The number of nitrogens with zero attached hydrogens (tertiary/aromatic N) is 1. The van der Waals surface area contributed by atoms with Crippen LogP contribution in [-0.4, -0.2) is 58.7 Å². The summed E-state index contributed by atoms with van der Waals surface area (Å²) in [6.45, 7) is 2.79. The van der Waals surface area contributed by atoms with Crippen molar-refractivity contribution in [3.8, 4) is 0 Å². The van der Waals surface area contributed by atoms with Crippen molar-refractivity contribution in [3.05, 3.63) is 70.8 Å². The van der Waals surface area contributed by atoms with Gasteiger partial charge < -0.3 is 24.6 Å². The SMILES string of the molecule is COCC1CCCN1CC1CC(c2ccc(CO)cc2)OC(c2ccc(CNC(=O)C(Cl)(Cl)Cl)cc2)O1. The monoisotopic (exact) mass is 570 g/mol. The Kier molecular flexibility index (Phi) is 10.1. The number of methoxy groups -OCH3 is 1. The van der Waals surface area contributed by atoms with Crippen molar-refractivity contribution in [2.45, 2.75) is 60.7 Å². The molecule has 2 aliphatic heterocycles. The highest BCUT2D eigenvalue weighted by Gasteiger charge is 2.35. The zero-order valence-electron chi connectivity index (χ0n) is 20.7. The first-order chi connectivity index (χ1) is 17.8. The number of halogens is 3. The Hall–Kier alpha value is -1.42. The summed E-state index contributed by atoms with van der Waals surface area (Å²) in [4.78, 5) is 14.3. The standard InChI is InChI=1S/C27H33Cl3N2O5/c1-35-17-22-3-2-12-32(22)15-23-13-24(20-8-6-19(16-33)7-9-20)37-25(36-23)21-10-4-18(5-11-21)14-31-26(34)27(28,29)30/h4-11,22-25,33H,2-3,12-17H2,1H3,(H,31,34). The lowest BCUT2D eigenvalue weighted by Crippen LogP contribution is -2.42. The van der Waals surface area contributed by atoms with E-state index in [1.54, 1.807) is 7.11 Å². The number of likely N-dealkylation sites (tertiary alicyclic amines) is 1. The lowest BCUT2D eigenvalue weighted by Gasteiger charge is -2.38. The van der Waals surface area contributed by atoms with E-state index >= 15 is 0 Å². The maximum absolute atomic E-state index is 11.8. The van der Waals surface area contributed by atoms with Gasteiger partial charge in [0.25, 0.3) is 9.70 Å². The van der Waals surface area contributed by atoms with Crippen LogP contribution in [0.4, 0.5) is 0 Å². The number of amides is 1. The summed E-state index contributed by atoms with van der Waals surface area (Å²) in [5.41, 5.74) is 3.65. The summed E-state index contributed by atoms with van der Waals surface area (Å²) in [7, 11) is 1.75. The quantitative estimate of drug-likeness (QED) is 0.420. The van der Waals surface area contributed by atoms with E-state index in [2.05, 4.69) is 10.2 Å². The van der Waals surface area contributed by atoms with E-state index in [-0.39, 0.29) is 25.4 Å². The number of hydrogen-bond acceptors (Lipinski definition) is 6. The predicted molar refractivity (Wildman–Crippen MR) is 143 cm³/mol. The highest BCUT2D eigenvalue weighted by molar-refractivity contribution is 6.76. The van der Waals surface area contributed by atoms with Crippen LogP contribution in [0.3, 0.4) is 0 Å². The average molecular weight is 572 g/mol. The number of hydrogen-bond donors (Lipinski definition) is 2. The Labute approximate surface area is 232 Å². The third-order valence-electron chi connectivity index (χ3n) is 6.87. The van der Waals surface area contributed by atoms with Crippen LogP contribution in [-0.2, 0) is 32.2 Å². The van der Waals surface area contributed by atoms with Gasteiger partial charge in [-0.1, -0.05) is 83.3 Å². The molecule has 37 heavy (non-hydrogen) atoms. The number of alkyl halides is 3. The minimum Gasteiger partial charge on any atom is -0.392 e. The highest BCUT2D eigenvalue weighted by Crippen LogP contribution is 2.38. The number of rotatable bonds is 9. The first kappa shape index (κ1) is 28.6. The lowest BCUT2D eigenvalue weighted by atomic mass is 9.99. The van der Waals surface area contributed by atoms with Gasteiger partial charge in [-0.2, -0.15) is 0 Å². The van der Waals surface area contributed by atoms with Crippen LogP contribution in [0.1, 0.15) is 53.9 Å². The smallest absolute Gasteiger partial charge is 0.272 e. The maximum Gasteiger partial charge on any atom is 0.272 e. The van der Waals surface area contributed by atoms with Crippen molar-refractivity contribution in [2.24, 2.45) is 0 Å². The van der Waals surface area contributed by atoms with Crippen molar-refractivity contribution in [1.82, 2.24) is 10.2 Å². The number of benzene rings is 2. The van der Waals surface area contributed by atoms with Gasteiger partial charge >= 0.3 is 0 Å². The summed E-state index contributed by atoms with van der Waals surface area (Å²) in [5.74, 6) is -0.674. The number of aliphatic hydroxyl groups excluding tert-OH is 1. The van der Waals surface area contributed by atoms with Crippen molar-refractivity contribution >= 4 is 40.7 Å². The minimum absolute atomic E-state index is 0.00444. The van der Waals surface area contributed by atoms with E-state index in [0.717, 1.165) is 61.2 Å². The molecule has 2 heterocycles. The molecule has 4 unspecified atom stereocenters. The van der Waals surface area contributed by atoms with E-state index in [9.17, 15) is 9.90 Å². The maximum atomic E-state index is 11.8. The highest BCUT2D eigenvalue weighted by atomic mass is 35.6. The van der Waals surface area contributed by atoms with Gasteiger partial charge in [-0.05, 0) is 36.1 Å². The van der Waals surface area contributed by atoms with Crippen LogP contribution in [0.25, 0.3) is 0 Å². The van der Waals surface area contributed by atoms with Crippen LogP contribution in [0.2, 0.25) is 0 Å². The number of ether oxygens (including phenoxy) is 3. The summed E-state index contributed by atoms with van der Waals surface area (Å²) >= 11 is 16.9. The molecule has 0 radical (unpaired) electrons. The van der Waals surface area contributed by atoms with Crippen molar-refractivity contribution in [1.29, 1.82) is 0 Å². The zero-order valence-corrected chi connectivity index (χ0v) is 23.0.